The Labute approximate surface area is 235 Å². The zero-order valence-electron chi connectivity index (χ0n) is 22.0. The van der Waals surface area contributed by atoms with E-state index < -0.39 is 0 Å². The molecule has 0 radical (unpaired) electrons. The van der Waals surface area contributed by atoms with E-state index in [-0.39, 0.29) is 0 Å². The van der Waals surface area contributed by atoms with Crippen LogP contribution in [0.1, 0.15) is 0 Å². The molecule has 0 bridgehead atoms. The maximum Gasteiger partial charge on any atom is 0.0716 e. The Morgan fingerprint density at radius 2 is 0.775 bits per heavy atom. The quantitative estimate of drug-likeness (QED) is 0.225. The SMILES string of the molecule is c1ccc(-c2cc(-c3ccc4ccccc4n3)c(-c3ccccc3)c(-c3ccccc3)c2-c2ccccc2)cc1. The number of hydrogen-bond donors (Lipinski definition) is 0. The van der Waals surface area contributed by atoms with Crippen LogP contribution in [0.4, 0.5) is 0 Å². The van der Waals surface area contributed by atoms with Crippen LogP contribution in [0.15, 0.2) is 164 Å². The van der Waals surface area contributed by atoms with Gasteiger partial charge in [-0.25, -0.2) is 4.98 Å². The Morgan fingerprint density at radius 1 is 0.325 bits per heavy atom. The number of hydrogen-bond acceptors (Lipinski definition) is 1. The highest BCUT2D eigenvalue weighted by molar-refractivity contribution is 6.07. The van der Waals surface area contributed by atoms with Crippen molar-refractivity contribution in [3.8, 4) is 55.8 Å². The fourth-order valence-corrected chi connectivity index (χ4v) is 5.65. The first-order valence-corrected chi connectivity index (χ1v) is 13.7. The highest BCUT2D eigenvalue weighted by Gasteiger charge is 2.24. The van der Waals surface area contributed by atoms with Gasteiger partial charge in [0.2, 0.25) is 0 Å². The first-order valence-electron chi connectivity index (χ1n) is 13.7. The Balaban J connectivity index is 1.68. The van der Waals surface area contributed by atoms with Crippen LogP contribution in [0, 0.1) is 0 Å². The summed E-state index contributed by atoms with van der Waals surface area (Å²) in [6.07, 6.45) is 0. The number of aromatic nitrogens is 1. The molecule has 0 saturated carbocycles. The molecule has 0 aliphatic rings. The molecule has 0 aliphatic carbocycles. The van der Waals surface area contributed by atoms with Crippen molar-refractivity contribution in [2.45, 2.75) is 0 Å². The molecule has 7 rings (SSSR count). The summed E-state index contributed by atoms with van der Waals surface area (Å²) >= 11 is 0. The zero-order chi connectivity index (χ0) is 26.7. The molecular formula is C39H27N. The Bertz CT molecular complexity index is 1910. The molecule has 0 atom stereocenters. The topological polar surface area (TPSA) is 12.9 Å². The Kier molecular flexibility index (Phi) is 6.24. The number of rotatable bonds is 5. The van der Waals surface area contributed by atoms with Crippen molar-refractivity contribution in [2.24, 2.45) is 0 Å². The number of nitrogens with zero attached hydrogens (tertiary/aromatic N) is 1. The second kappa shape index (κ2) is 10.5. The van der Waals surface area contributed by atoms with E-state index in [1.54, 1.807) is 0 Å². The van der Waals surface area contributed by atoms with E-state index in [0.29, 0.717) is 0 Å². The Hall–Kier alpha value is -5.27. The van der Waals surface area contributed by atoms with Gasteiger partial charge in [-0.1, -0.05) is 146 Å². The van der Waals surface area contributed by atoms with Gasteiger partial charge in [0.15, 0.2) is 0 Å². The molecule has 0 spiro atoms. The molecule has 1 heterocycles. The van der Waals surface area contributed by atoms with E-state index in [0.717, 1.165) is 22.2 Å². The van der Waals surface area contributed by atoms with Crippen LogP contribution in [0.3, 0.4) is 0 Å². The lowest BCUT2D eigenvalue weighted by Gasteiger charge is -2.24. The minimum Gasteiger partial charge on any atom is -0.248 e. The predicted octanol–water partition coefficient (Wildman–Crippen LogP) is 10.6. The smallest absolute Gasteiger partial charge is 0.0716 e. The molecule has 40 heavy (non-hydrogen) atoms. The van der Waals surface area contributed by atoms with E-state index in [4.69, 9.17) is 4.98 Å². The van der Waals surface area contributed by atoms with Crippen LogP contribution in [-0.2, 0) is 0 Å². The summed E-state index contributed by atoms with van der Waals surface area (Å²) in [6.45, 7) is 0. The minimum atomic E-state index is 0.964. The second-order valence-electron chi connectivity index (χ2n) is 9.95. The lowest BCUT2D eigenvalue weighted by molar-refractivity contribution is 1.39. The van der Waals surface area contributed by atoms with Gasteiger partial charge < -0.3 is 0 Å². The van der Waals surface area contributed by atoms with Crippen molar-refractivity contribution >= 4 is 10.9 Å². The van der Waals surface area contributed by atoms with Crippen molar-refractivity contribution in [1.29, 1.82) is 0 Å². The number of pyridine rings is 1. The van der Waals surface area contributed by atoms with E-state index >= 15 is 0 Å². The van der Waals surface area contributed by atoms with E-state index in [1.165, 1.54) is 44.5 Å². The summed E-state index contributed by atoms with van der Waals surface area (Å²) in [4.78, 5) is 5.20. The van der Waals surface area contributed by atoms with Crippen LogP contribution in [-0.4, -0.2) is 4.98 Å². The van der Waals surface area contributed by atoms with E-state index in [9.17, 15) is 0 Å². The van der Waals surface area contributed by atoms with Crippen molar-refractivity contribution < 1.29 is 0 Å². The van der Waals surface area contributed by atoms with Crippen LogP contribution in [0.2, 0.25) is 0 Å². The average Bonchev–Trinajstić information content (AvgIpc) is 3.05. The molecule has 0 unspecified atom stereocenters. The van der Waals surface area contributed by atoms with Crippen LogP contribution in [0.5, 0.6) is 0 Å². The van der Waals surface area contributed by atoms with Crippen molar-refractivity contribution in [3.63, 3.8) is 0 Å². The third-order valence-corrected chi connectivity index (χ3v) is 7.47. The molecule has 0 aliphatic heterocycles. The average molecular weight is 510 g/mol. The molecule has 188 valence electrons. The molecule has 0 amide bonds. The second-order valence-corrected chi connectivity index (χ2v) is 9.95. The Morgan fingerprint density at radius 3 is 1.35 bits per heavy atom. The predicted molar refractivity (Wildman–Crippen MR) is 169 cm³/mol. The minimum absolute atomic E-state index is 0.964. The molecular weight excluding hydrogens is 482 g/mol. The lowest BCUT2D eigenvalue weighted by Crippen LogP contribution is -1.99. The molecule has 0 fully saturated rings. The van der Waals surface area contributed by atoms with E-state index in [2.05, 4.69) is 164 Å². The van der Waals surface area contributed by atoms with Crippen LogP contribution >= 0.6 is 0 Å². The maximum absolute atomic E-state index is 5.20. The van der Waals surface area contributed by atoms with Crippen LogP contribution < -0.4 is 0 Å². The molecule has 1 aromatic heterocycles. The fourth-order valence-electron chi connectivity index (χ4n) is 5.65. The fraction of sp³-hybridized carbons (Fsp3) is 0. The molecule has 7 aromatic rings. The summed E-state index contributed by atoms with van der Waals surface area (Å²) in [5.74, 6) is 0. The number of para-hydroxylation sites is 1. The summed E-state index contributed by atoms with van der Waals surface area (Å²) in [5.41, 5.74) is 12.6. The molecule has 0 N–H and O–H groups in total. The largest absolute Gasteiger partial charge is 0.248 e. The first-order chi connectivity index (χ1) is 19.9. The van der Waals surface area contributed by atoms with Crippen LogP contribution in [0.25, 0.3) is 66.7 Å². The monoisotopic (exact) mass is 509 g/mol. The van der Waals surface area contributed by atoms with Gasteiger partial charge in [-0.05, 0) is 62.7 Å². The highest BCUT2D eigenvalue weighted by atomic mass is 14.7. The zero-order valence-corrected chi connectivity index (χ0v) is 22.0. The molecule has 0 saturated heterocycles. The van der Waals surface area contributed by atoms with Gasteiger partial charge in [0.25, 0.3) is 0 Å². The lowest BCUT2D eigenvalue weighted by atomic mass is 9.79. The first kappa shape index (κ1) is 23.8. The normalized spacial score (nSPS) is 11.0. The van der Waals surface area contributed by atoms with Crippen molar-refractivity contribution in [3.05, 3.63) is 164 Å². The summed E-state index contributed by atoms with van der Waals surface area (Å²) in [7, 11) is 0. The summed E-state index contributed by atoms with van der Waals surface area (Å²) < 4.78 is 0. The molecule has 1 nitrogen and oxygen atoms in total. The van der Waals surface area contributed by atoms with Gasteiger partial charge in [-0.3, -0.25) is 0 Å². The number of benzene rings is 6. The van der Waals surface area contributed by atoms with Gasteiger partial charge >= 0.3 is 0 Å². The number of fused-ring (bicyclic) bond motifs is 1. The van der Waals surface area contributed by atoms with Crippen molar-refractivity contribution in [2.75, 3.05) is 0 Å². The summed E-state index contributed by atoms with van der Waals surface area (Å²) in [5, 5.41) is 1.14. The standard InChI is InChI=1S/C39H27N/c1-5-15-28(16-6-1)33-27-34(36-26-25-29-17-13-14-24-35(29)40-36)38(31-20-9-3-10-21-31)39(32-22-11-4-12-23-32)37(33)30-18-7-2-8-19-30/h1-27H. The third kappa shape index (κ3) is 4.38. The van der Waals surface area contributed by atoms with Crippen molar-refractivity contribution in [1.82, 2.24) is 4.98 Å². The molecule has 6 aromatic carbocycles. The van der Waals surface area contributed by atoms with Gasteiger partial charge in [0.1, 0.15) is 0 Å². The maximum atomic E-state index is 5.20. The van der Waals surface area contributed by atoms with Gasteiger partial charge in [0.05, 0.1) is 11.2 Å². The van der Waals surface area contributed by atoms with Gasteiger partial charge in [-0.15, -0.1) is 0 Å². The highest BCUT2D eigenvalue weighted by Crippen LogP contribution is 2.49. The van der Waals surface area contributed by atoms with Gasteiger partial charge in [-0.2, -0.15) is 0 Å². The summed E-state index contributed by atoms with van der Waals surface area (Å²) in [6, 6.07) is 58.0. The van der Waals surface area contributed by atoms with E-state index in [1.807, 2.05) is 0 Å². The molecule has 1 heteroatoms. The van der Waals surface area contributed by atoms with Gasteiger partial charge in [0, 0.05) is 10.9 Å². The third-order valence-electron chi connectivity index (χ3n) is 7.47.